The van der Waals surface area contributed by atoms with Crippen LogP contribution in [0.15, 0.2) is 46.4 Å². The molecule has 0 bridgehead atoms. The lowest BCUT2D eigenvalue weighted by Gasteiger charge is -2.09. The van der Waals surface area contributed by atoms with Gasteiger partial charge >= 0.3 is 5.97 Å². The lowest BCUT2D eigenvalue weighted by atomic mass is 10.1. The summed E-state index contributed by atoms with van der Waals surface area (Å²) in [6.45, 7) is 0. The van der Waals surface area contributed by atoms with Crippen LogP contribution in [-0.4, -0.2) is 26.1 Å². The first kappa shape index (κ1) is 14.3. The van der Waals surface area contributed by atoms with E-state index >= 15 is 0 Å². The highest BCUT2D eigenvalue weighted by atomic mass is 32.1. The summed E-state index contributed by atoms with van der Waals surface area (Å²) in [5, 5.41) is 1.90. The van der Waals surface area contributed by atoms with Crippen LogP contribution >= 0.6 is 11.3 Å². The van der Waals surface area contributed by atoms with Crippen molar-refractivity contribution in [2.24, 2.45) is 4.99 Å². The highest BCUT2D eigenvalue weighted by molar-refractivity contribution is 7.12. The molecule has 2 aromatic rings. The number of methoxy groups -OCH3 is 2. The van der Waals surface area contributed by atoms with Crippen LogP contribution in [0.2, 0.25) is 0 Å². The fourth-order valence-corrected chi connectivity index (χ4v) is 2.74. The molecule has 0 spiro atoms. The molecule has 0 atom stereocenters. The normalized spacial score (nSPS) is 15.6. The molecule has 0 amide bonds. The molecule has 0 saturated carbocycles. The Morgan fingerprint density at radius 1 is 1.18 bits per heavy atom. The number of hydrogen-bond acceptors (Lipinski definition) is 6. The van der Waals surface area contributed by atoms with E-state index in [-0.39, 0.29) is 5.70 Å². The molecule has 5 nitrogen and oxygen atoms in total. The van der Waals surface area contributed by atoms with Crippen molar-refractivity contribution in [3.8, 4) is 11.5 Å². The molecule has 1 aromatic carbocycles. The Balaban J connectivity index is 2.00. The molecule has 0 N–H and O–H groups in total. The van der Waals surface area contributed by atoms with Crippen LogP contribution < -0.4 is 9.47 Å². The van der Waals surface area contributed by atoms with Crippen LogP contribution in [0.5, 0.6) is 11.5 Å². The fraction of sp³-hybridized carbons (Fsp3) is 0.125. The Kier molecular flexibility index (Phi) is 3.93. The van der Waals surface area contributed by atoms with Crippen molar-refractivity contribution in [2.75, 3.05) is 14.2 Å². The number of nitrogens with zero attached hydrogens (tertiary/aromatic N) is 1. The monoisotopic (exact) mass is 315 g/mol. The molecule has 1 aromatic heterocycles. The quantitative estimate of drug-likeness (QED) is 0.642. The number of cyclic esters (lactones) is 1. The number of para-hydroxylation sites is 1. The Labute approximate surface area is 131 Å². The van der Waals surface area contributed by atoms with Crippen molar-refractivity contribution in [1.82, 2.24) is 0 Å². The third kappa shape index (κ3) is 2.60. The largest absolute Gasteiger partial charge is 0.493 e. The average molecular weight is 315 g/mol. The van der Waals surface area contributed by atoms with E-state index < -0.39 is 5.97 Å². The van der Waals surface area contributed by atoms with Crippen LogP contribution in [0, 0.1) is 0 Å². The van der Waals surface area contributed by atoms with Crippen LogP contribution in [0.4, 0.5) is 0 Å². The van der Waals surface area contributed by atoms with E-state index in [0.717, 1.165) is 4.88 Å². The molecule has 1 aliphatic heterocycles. The van der Waals surface area contributed by atoms with Gasteiger partial charge in [-0.2, -0.15) is 0 Å². The summed E-state index contributed by atoms with van der Waals surface area (Å²) >= 11 is 1.46. The third-order valence-electron chi connectivity index (χ3n) is 3.08. The standard InChI is InChI=1S/C16H13NO4S/c1-19-12-6-3-5-10(14(12)20-2)9-11-16(18)21-15(17-11)13-7-4-8-22-13/h3-9H,1-2H3. The van der Waals surface area contributed by atoms with Crippen molar-refractivity contribution in [1.29, 1.82) is 0 Å². The number of ether oxygens (including phenoxy) is 3. The molecule has 112 valence electrons. The van der Waals surface area contributed by atoms with Gasteiger partial charge in [0, 0.05) is 5.56 Å². The first-order valence-electron chi connectivity index (χ1n) is 6.50. The topological polar surface area (TPSA) is 57.1 Å². The van der Waals surface area contributed by atoms with Gasteiger partial charge in [-0.15, -0.1) is 11.3 Å². The summed E-state index contributed by atoms with van der Waals surface area (Å²) in [5.74, 6) is 0.983. The molecule has 2 heterocycles. The predicted octanol–water partition coefficient (Wildman–Crippen LogP) is 3.11. The zero-order valence-electron chi connectivity index (χ0n) is 12.0. The minimum Gasteiger partial charge on any atom is -0.493 e. The van der Waals surface area contributed by atoms with Gasteiger partial charge in [0.05, 0.1) is 19.1 Å². The number of benzene rings is 1. The van der Waals surface area contributed by atoms with Gasteiger partial charge in [-0.1, -0.05) is 18.2 Å². The van der Waals surface area contributed by atoms with Gasteiger partial charge in [-0.3, -0.25) is 0 Å². The number of esters is 1. The van der Waals surface area contributed by atoms with Crippen molar-refractivity contribution in [3.05, 3.63) is 51.8 Å². The van der Waals surface area contributed by atoms with Gasteiger partial charge in [-0.25, -0.2) is 9.79 Å². The van der Waals surface area contributed by atoms with Crippen LogP contribution in [0.3, 0.4) is 0 Å². The van der Waals surface area contributed by atoms with E-state index in [4.69, 9.17) is 14.2 Å². The van der Waals surface area contributed by atoms with Gasteiger partial charge in [-0.05, 0) is 23.6 Å². The molecule has 0 saturated heterocycles. The molecule has 0 radical (unpaired) electrons. The number of carbonyl (C=O) groups is 1. The minimum atomic E-state index is -0.478. The smallest absolute Gasteiger partial charge is 0.363 e. The van der Waals surface area contributed by atoms with Crippen LogP contribution in [0.1, 0.15) is 10.4 Å². The predicted molar refractivity (Wildman–Crippen MR) is 84.5 cm³/mol. The lowest BCUT2D eigenvalue weighted by molar-refractivity contribution is -0.129. The molecule has 6 heteroatoms. The SMILES string of the molecule is COc1cccc(C=C2N=C(c3cccs3)OC2=O)c1OC. The summed E-state index contributed by atoms with van der Waals surface area (Å²) in [4.78, 5) is 17.0. The maximum absolute atomic E-state index is 12.0. The molecule has 0 unspecified atom stereocenters. The summed E-state index contributed by atoms with van der Waals surface area (Å²) in [6.07, 6.45) is 1.63. The number of rotatable bonds is 4. The van der Waals surface area contributed by atoms with Gasteiger partial charge in [0.1, 0.15) is 0 Å². The Bertz CT molecular complexity index is 762. The fourth-order valence-electron chi connectivity index (χ4n) is 2.09. The number of hydrogen-bond donors (Lipinski definition) is 0. The Morgan fingerprint density at radius 3 is 2.73 bits per heavy atom. The summed E-state index contributed by atoms with van der Waals surface area (Å²) < 4.78 is 15.8. The van der Waals surface area contributed by atoms with Crippen molar-refractivity contribution in [3.63, 3.8) is 0 Å². The Hall–Kier alpha value is -2.60. The highest BCUT2D eigenvalue weighted by Gasteiger charge is 2.25. The molecule has 22 heavy (non-hydrogen) atoms. The van der Waals surface area contributed by atoms with Crippen molar-refractivity contribution >= 4 is 29.3 Å². The van der Waals surface area contributed by atoms with Gasteiger partial charge in [0.15, 0.2) is 17.2 Å². The zero-order chi connectivity index (χ0) is 15.5. The van der Waals surface area contributed by atoms with E-state index in [2.05, 4.69) is 4.99 Å². The molecule has 1 aliphatic rings. The first-order chi connectivity index (χ1) is 10.7. The average Bonchev–Trinajstić information content (AvgIpc) is 3.17. The number of thiophene rings is 1. The lowest BCUT2D eigenvalue weighted by Crippen LogP contribution is -2.03. The highest BCUT2D eigenvalue weighted by Crippen LogP contribution is 2.33. The van der Waals surface area contributed by atoms with Gasteiger partial charge in [0.25, 0.3) is 0 Å². The van der Waals surface area contributed by atoms with E-state index in [1.54, 1.807) is 26.4 Å². The zero-order valence-corrected chi connectivity index (χ0v) is 12.8. The molecular weight excluding hydrogens is 302 g/mol. The second kappa shape index (κ2) is 6.03. The van der Waals surface area contributed by atoms with E-state index in [0.29, 0.717) is 23.0 Å². The summed E-state index contributed by atoms with van der Waals surface area (Å²) in [7, 11) is 3.11. The Morgan fingerprint density at radius 2 is 2.05 bits per heavy atom. The summed E-state index contributed by atoms with van der Waals surface area (Å²) in [5.41, 5.74) is 0.930. The van der Waals surface area contributed by atoms with E-state index in [1.165, 1.54) is 11.3 Å². The molecular formula is C16H13NO4S. The maximum atomic E-state index is 12.0. The minimum absolute atomic E-state index is 0.231. The van der Waals surface area contributed by atoms with Gasteiger partial charge < -0.3 is 14.2 Å². The third-order valence-corrected chi connectivity index (χ3v) is 3.94. The molecule has 0 aliphatic carbocycles. The second-order valence-corrected chi connectivity index (χ2v) is 5.34. The number of carbonyl (C=O) groups excluding carboxylic acids is 1. The molecule has 0 fully saturated rings. The molecule has 3 rings (SSSR count). The second-order valence-electron chi connectivity index (χ2n) is 4.40. The van der Waals surface area contributed by atoms with E-state index in [9.17, 15) is 4.79 Å². The van der Waals surface area contributed by atoms with Gasteiger partial charge in [0.2, 0.25) is 5.90 Å². The summed E-state index contributed by atoms with van der Waals surface area (Å²) in [6, 6.07) is 9.15. The van der Waals surface area contributed by atoms with Crippen molar-refractivity contribution < 1.29 is 19.0 Å². The van der Waals surface area contributed by atoms with E-state index in [1.807, 2.05) is 29.6 Å². The number of aliphatic imine (C=N–C) groups is 1. The van der Waals surface area contributed by atoms with Crippen LogP contribution in [0.25, 0.3) is 6.08 Å². The maximum Gasteiger partial charge on any atom is 0.363 e. The van der Waals surface area contributed by atoms with Crippen molar-refractivity contribution in [2.45, 2.75) is 0 Å². The van der Waals surface area contributed by atoms with Crippen LogP contribution in [-0.2, 0) is 9.53 Å². The first-order valence-corrected chi connectivity index (χ1v) is 7.38.